The summed E-state index contributed by atoms with van der Waals surface area (Å²) in [5.41, 5.74) is 3.21. The zero-order valence-electron chi connectivity index (χ0n) is 20.9. The second kappa shape index (κ2) is 10.6. The van der Waals surface area contributed by atoms with Crippen LogP contribution in [0.15, 0.2) is 94.9 Å². The fraction of sp³-hybridized carbons (Fsp3) is 0.111. The molecular weight excluding hydrogens is 524 g/mol. The number of aryl methyl sites for hydroxylation is 3. The highest BCUT2D eigenvalue weighted by atomic mass is 32.2. The van der Waals surface area contributed by atoms with E-state index in [1.807, 2.05) is 19.9 Å². The molecule has 0 radical (unpaired) electrons. The van der Waals surface area contributed by atoms with Crippen LogP contribution in [-0.2, 0) is 20.0 Å². The fourth-order valence-electron chi connectivity index (χ4n) is 3.81. The van der Waals surface area contributed by atoms with Crippen LogP contribution in [0.1, 0.15) is 27.0 Å². The minimum Gasteiger partial charge on any atom is -0.322 e. The highest BCUT2D eigenvalue weighted by Crippen LogP contribution is 2.23. The van der Waals surface area contributed by atoms with Crippen molar-refractivity contribution in [1.82, 2.24) is 4.98 Å². The van der Waals surface area contributed by atoms with Gasteiger partial charge < -0.3 is 5.32 Å². The minimum atomic E-state index is -3.96. The smallest absolute Gasteiger partial charge is 0.263 e. The number of pyridine rings is 1. The summed E-state index contributed by atoms with van der Waals surface area (Å²) in [5, 5.41) is 2.67. The Kier molecular flexibility index (Phi) is 7.51. The summed E-state index contributed by atoms with van der Waals surface area (Å²) >= 11 is 0. The molecule has 1 aromatic heterocycles. The first-order valence-electron chi connectivity index (χ1n) is 11.5. The maximum atomic E-state index is 13.1. The molecule has 0 saturated heterocycles. The zero-order valence-corrected chi connectivity index (χ0v) is 22.5. The van der Waals surface area contributed by atoms with E-state index in [-0.39, 0.29) is 21.2 Å². The molecule has 0 fully saturated rings. The van der Waals surface area contributed by atoms with Crippen molar-refractivity contribution in [3.05, 3.63) is 107 Å². The monoisotopic (exact) mass is 550 g/mol. The first-order valence-corrected chi connectivity index (χ1v) is 14.5. The van der Waals surface area contributed by atoms with Gasteiger partial charge in [0, 0.05) is 23.1 Å². The lowest BCUT2D eigenvalue weighted by Crippen LogP contribution is -2.17. The quantitative estimate of drug-likeness (QED) is 0.287. The molecule has 1 heterocycles. The molecule has 196 valence electrons. The predicted octanol–water partition coefficient (Wildman–Crippen LogP) is 4.86. The average Bonchev–Trinajstić information content (AvgIpc) is 2.84. The van der Waals surface area contributed by atoms with Crippen LogP contribution < -0.4 is 14.8 Å². The van der Waals surface area contributed by atoms with Gasteiger partial charge in [-0.3, -0.25) is 14.2 Å². The number of carbonyl (C=O) groups is 1. The zero-order chi connectivity index (χ0) is 27.5. The molecule has 4 rings (SSSR count). The van der Waals surface area contributed by atoms with Crippen LogP contribution >= 0.6 is 0 Å². The fourth-order valence-corrected chi connectivity index (χ4v) is 6.14. The number of nitrogens with zero attached hydrogens (tertiary/aromatic N) is 1. The summed E-state index contributed by atoms with van der Waals surface area (Å²) < 4.78 is 56.4. The third-order valence-corrected chi connectivity index (χ3v) is 8.43. The van der Waals surface area contributed by atoms with Gasteiger partial charge in [0.25, 0.3) is 26.0 Å². The summed E-state index contributed by atoms with van der Waals surface area (Å²) in [4.78, 5) is 16.8. The van der Waals surface area contributed by atoms with Gasteiger partial charge in [-0.2, -0.15) is 0 Å². The van der Waals surface area contributed by atoms with Crippen LogP contribution in [-0.4, -0.2) is 27.7 Å². The molecule has 38 heavy (non-hydrogen) atoms. The molecule has 0 aliphatic carbocycles. The van der Waals surface area contributed by atoms with Gasteiger partial charge in [0.15, 0.2) is 0 Å². The van der Waals surface area contributed by atoms with Crippen LogP contribution in [0.25, 0.3) is 0 Å². The third-order valence-electron chi connectivity index (χ3n) is 5.54. The Labute approximate surface area is 222 Å². The molecule has 0 unspecified atom stereocenters. The number of benzene rings is 3. The van der Waals surface area contributed by atoms with Crippen LogP contribution in [0.3, 0.4) is 0 Å². The molecule has 3 N–H and O–H groups in total. The number of hydrogen-bond acceptors (Lipinski definition) is 6. The second-order valence-electron chi connectivity index (χ2n) is 8.76. The molecule has 9 nitrogen and oxygen atoms in total. The Morgan fingerprint density at radius 2 is 1.39 bits per heavy atom. The van der Waals surface area contributed by atoms with Crippen molar-refractivity contribution in [3.8, 4) is 0 Å². The molecule has 0 aliphatic heterocycles. The first kappa shape index (κ1) is 26.8. The van der Waals surface area contributed by atoms with Gasteiger partial charge in [0.2, 0.25) is 0 Å². The number of hydrogen-bond donors (Lipinski definition) is 3. The van der Waals surface area contributed by atoms with E-state index in [9.17, 15) is 21.6 Å². The van der Waals surface area contributed by atoms with Crippen molar-refractivity contribution in [2.24, 2.45) is 0 Å². The van der Waals surface area contributed by atoms with Crippen LogP contribution in [0.2, 0.25) is 0 Å². The number of nitrogens with one attached hydrogen (secondary N) is 3. The standard InChI is InChI=1S/C27H26N4O5S2/c1-18-14-19(2)16-23(15-18)30-38(35,36)25-17-21(8-7-20(25)3)27(32)29-22-9-11-24(12-10-22)37(33,34)31-26-6-4-5-13-28-26/h4-17,30H,1-3H3,(H,28,31)(H,29,32). The minimum absolute atomic E-state index is 0.0117. The van der Waals surface area contributed by atoms with Crippen LogP contribution in [0, 0.1) is 20.8 Å². The normalized spacial score (nSPS) is 11.6. The van der Waals surface area contributed by atoms with E-state index in [1.165, 1.54) is 48.7 Å². The van der Waals surface area contributed by atoms with Crippen molar-refractivity contribution in [2.75, 3.05) is 14.8 Å². The Bertz CT molecular complexity index is 1680. The molecule has 0 spiro atoms. The van der Waals surface area contributed by atoms with E-state index >= 15 is 0 Å². The summed E-state index contributed by atoms with van der Waals surface area (Å²) in [6, 6.07) is 20.2. The Morgan fingerprint density at radius 1 is 0.711 bits per heavy atom. The second-order valence-corrected chi connectivity index (χ2v) is 12.1. The van der Waals surface area contributed by atoms with Gasteiger partial charge in [-0.25, -0.2) is 21.8 Å². The summed E-state index contributed by atoms with van der Waals surface area (Å²) in [6.07, 6.45) is 1.47. The first-order chi connectivity index (χ1) is 17.9. The topological polar surface area (TPSA) is 134 Å². The SMILES string of the molecule is Cc1cc(C)cc(NS(=O)(=O)c2cc(C(=O)Nc3ccc(S(=O)(=O)Nc4ccccn4)cc3)ccc2C)c1. The molecule has 0 bridgehead atoms. The van der Waals surface area contributed by atoms with Crippen molar-refractivity contribution >= 4 is 43.1 Å². The van der Waals surface area contributed by atoms with Gasteiger partial charge in [-0.05, 0) is 98.1 Å². The van der Waals surface area contributed by atoms with Gasteiger partial charge in [0.1, 0.15) is 5.82 Å². The van der Waals surface area contributed by atoms with E-state index < -0.39 is 26.0 Å². The number of carbonyl (C=O) groups excluding carboxylic acids is 1. The van der Waals surface area contributed by atoms with Gasteiger partial charge >= 0.3 is 0 Å². The molecule has 0 atom stereocenters. The molecule has 0 aliphatic rings. The van der Waals surface area contributed by atoms with E-state index in [2.05, 4.69) is 19.7 Å². The van der Waals surface area contributed by atoms with E-state index in [0.717, 1.165) is 11.1 Å². The molecule has 11 heteroatoms. The van der Waals surface area contributed by atoms with Crippen LogP contribution in [0.5, 0.6) is 0 Å². The van der Waals surface area contributed by atoms with Crippen molar-refractivity contribution < 1.29 is 21.6 Å². The van der Waals surface area contributed by atoms with Crippen molar-refractivity contribution in [2.45, 2.75) is 30.6 Å². The molecule has 4 aromatic rings. The van der Waals surface area contributed by atoms with Gasteiger partial charge in [-0.1, -0.05) is 18.2 Å². The Morgan fingerprint density at radius 3 is 2.03 bits per heavy atom. The Hall–Kier alpha value is -4.22. The lowest BCUT2D eigenvalue weighted by molar-refractivity contribution is 0.102. The summed E-state index contributed by atoms with van der Waals surface area (Å²) in [7, 11) is -7.83. The molecular formula is C27H26N4O5S2. The predicted molar refractivity (Wildman–Crippen MR) is 147 cm³/mol. The number of anilines is 3. The van der Waals surface area contributed by atoms with Crippen LogP contribution in [0.4, 0.5) is 17.2 Å². The van der Waals surface area contributed by atoms with E-state index in [1.54, 1.807) is 37.3 Å². The van der Waals surface area contributed by atoms with Crippen molar-refractivity contribution in [1.29, 1.82) is 0 Å². The number of sulfonamides is 2. The highest BCUT2D eigenvalue weighted by molar-refractivity contribution is 7.93. The lowest BCUT2D eigenvalue weighted by atomic mass is 10.1. The summed E-state index contributed by atoms with van der Waals surface area (Å²) in [5.74, 6) is -0.364. The number of rotatable bonds is 8. The largest absolute Gasteiger partial charge is 0.322 e. The highest BCUT2D eigenvalue weighted by Gasteiger charge is 2.20. The molecule has 3 aromatic carbocycles. The maximum Gasteiger partial charge on any atom is 0.263 e. The number of aromatic nitrogens is 1. The molecule has 1 amide bonds. The van der Waals surface area contributed by atoms with E-state index in [0.29, 0.717) is 16.9 Å². The maximum absolute atomic E-state index is 13.1. The van der Waals surface area contributed by atoms with Gasteiger partial charge in [0.05, 0.1) is 9.79 Å². The third kappa shape index (κ3) is 6.36. The van der Waals surface area contributed by atoms with Gasteiger partial charge in [-0.15, -0.1) is 0 Å². The Balaban J connectivity index is 1.51. The lowest BCUT2D eigenvalue weighted by Gasteiger charge is -2.13. The average molecular weight is 551 g/mol. The molecule has 0 saturated carbocycles. The van der Waals surface area contributed by atoms with Crippen molar-refractivity contribution in [3.63, 3.8) is 0 Å². The number of amides is 1. The summed E-state index contributed by atoms with van der Waals surface area (Å²) in [6.45, 7) is 5.40. The van der Waals surface area contributed by atoms with E-state index in [4.69, 9.17) is 0 Å².